The monoisotopic (exact) mass is 293 g/mol. The highest BCUT2D eigenvalue weighted by atomic mass is 35.5. The second-order valence-electron chi connectivity index (χ2n) is 4.22. The Hall–Kier alpha value is -2.05. The summed E-state index contributed by atoms with van der Waals surface area (Å²) in [7, 11) is 3.54. The molecule has 1 heterocycles. The zero-order valence-corrected chi connectivity index (χ0v) is 12.1. The van der Waals surface area contributed by atoms with E-state index in [2.05, 4.69) is 15.4 Å². The Morgan fingerprint density at radius 1 is 1.45 bits per heavy atom. The second kappa shape index (κ2) is 6.40. The highest BCUT2D eigenvalue weighted by Gasteiger charge is 2.10. The third kappa shape index (κ3) is 3.28. The number of anilines is 2. The van der Waals surface area contributed by atoms with E-state index in [4.69, 9.17) is 22.2 Å². The molecular formula is C13H16ClN5O. The first kappa shape index (κ1) is 14.4. The van der Waals surface area contributed by atoms with Crippen LogP contribution in [0.2, 0.25) is 5.02 Å². The number of nitrogens with zero attached hydrogens (tertiary/aromatic N) is 3. The molecule has 6 nitrogen and oxygen atoms in total. The number of hydrazine groups is 1. The average Bonchev–Trinajstić information content (AvgIpc) is 2.47. The largest absolute Gasteiger partial charge is 0.497 e. The van der Waals surface area contributed by atoms with Crippen LogP contribution in [0.1, 0.15) is 5.56 Å². The van der Waals surface area contributed by atoms with E-state index >= 15 is 0 Å². The van der Waals surface area contributed by atoms with Crippen molar-refractivity contribution in [3.8, 4) is 5.75 Å². The van der Waals surface area contributed by atoms with Crippen molar-refractivity contribution in [1.29, 1.82) is 0 Å². The number of methoxy groups -OCH3 is 1. The van der Waals surface area contributed by atoms with Crippen molar-refractivity contribution >= 4 is 23.4 Å². The molecule has 0 aliphatic carbocycles. The minimum atomic E-state index is 0.321. The molecule has 0 bridgehead atoms. The number of aromatic nitrogens is 2. The second-order valence-corrected chi connectivity index (χ2v) is 4.62. The van der Waals surface area contributed by atoms with Gasteiger partial charge in [-0.05, 0) is 17.7 Å². The van der Waals surface area contributed by atoms with E-state index < -0.39 is 0 Å². The average molecular weight is 294 g/mol. The molecule has 0 saturated heterocycles. The van der Waals surface area contributed by atoms with E-state index in [0.29, 0.717) is 23.3 Å². The Balaban J connectivity index is 2.20. The summed E-state index contributed by atoms with van der Waals surface area (Å²) in [4.78, 5) is 10.1. The van der Waals surface area contributed by atoms with Crippen LogP contribution in [-0.2, 0) is 6.54 Å². The van der Waals surface area contributed by atoms with E-state index in [1.54, 1.807) is 7.11 Å². The lowest BCUT2D eigenvalue weighted by molar-refractivity contribution is 0.414. The van der Waals surface area contributed by atoms with Gasteiger partial charge in [0.2, 0.25) is 5.95 Å². The molecule has 20 heavy (non-hydrogen) atoms. The lowest BCUT2D eigenvalue weighted by Gasteiger charge is -2.20. The molecule has 0 aliphatic heterocycles. The van der Waals surface area contributed by atoms with Crippen LogP contribution in [0.25, 0.3) is 0 Å². The zero-order chi connectivity index (χ0) is 14.5. The van der Waals surface area contributed by atoms with Crippen LogP contribution in [0.3, 0.4) is 0 Å². The zero-order valence-electron chi connectivity index (χ0n) is 11.3. The van der Waals surface area contributed by atoms with Crippen LogP contribution >= 0.6 is 11.6 Å². The van der Waals surface area contributed by atoms with E-state index in [9.17, 15) is 0 Å². The van der Waals surface area contributed by atoms with Gasteiger partial charge in [0, 0.05) is 13.6 Å². The molecule has 0 atom stereocenters. The number of benzene rings is 1. The summed E-state index contributed by atoms with van der Waals surface area (Å²) in [6.07, 6.45) is 1.52. The van der Waals surface area contributed by atoms with Crippen LogP contribution in [0.15, 0.2) is 30.5 Å². The van der Waals surface area contributed by atoms with Gasteiger partial charge in [-0.3, -0.25) is 5.43 Å². The lowest BCUT2D eigenvalue weighted by Crippen LogP contribution is -2.20. The van der Waals surface area contributed by atoms with Crippen LogP contribution in [-0.4, -0.2) is 24.1 Å². The molecule has 0 radical (unpaired) electrons. The van der Waals surface area contributed by atoms with Crippen molar-refractivity contribution in [3.05, 3.63) is 41.0 Å². The summed E-state index contributed by atoms with van der Waals surface area (Å²) in [5.41, 5.74) is 3.49. The fourth-order valence-corrected chi connectivity index (χ4v) is 2.05. The number of rotatable bonds is 5. The maximum Gasteiger partial charge on any atom is 0.239 e. The number of hydrogen-bond donors (Lipinski definition) is 2. The van der Waals surface area contributed by atoms with Gasteiger partial charge in [0.25, 0.3) is 0 Å². The van der Waals surface area contributed by atoms with Crippen LogP contribution in [0, 0.1) is 0 Å². The Morgan fingerprint density at radius 3 is 2.95 bits per heavy atom. The van der Waals surface area contributed by atoms with Gasteiger partial charge < -0.3 is 9.64 Å². The predicted octanol–water partition coefficient (Wildman–Crippen LogP) is 2.06. The molecule has 0 aliphatic rings. The molecule has 3 N–H and O–H groups in total. The molecule has 2 rings (SSSR count). The maximum absolute atomic E-state index is 6.11. The first-order valence-electron chi connectivity index (χ1n) is 5.97. The molecule has 7 heteroatoms. The number of nitrogen functional groups attached to an aromatic ring is 1. The summed E-state index contributed by atoms with van der Waals surface area (Å²) in [6, 6.07) is 7.82. The Labute approximate surface area is 122 Å². The molecule has 2 aromatic rings. The standard InChI is InChI=1S/C13H16ClN5O/c1-19(8-9-4-3-5-10(6-9)20-2)12-11(14)7-16-13(17-12)18-15/h3-7H,8,15H2,1-2H3,(H,16,17,18). The summed E-state index contributed by atoms with van der Waals surface area (Å²) < 4.78 is 5.21. The van der Waals surface area contributed by atoms with Crippen molar-refractivity contribution in [1.82, 2.24) is 9.97 Å². The van der Waals surface area contributed by atoms with Crippen molar-refractivity contribution in [2.45, 2.75) is 6.54 Å². The fraction of sp³-hybridized carbons (Fsp3) is 0.231. The van der Waals surface area contributed by atoms with Crippen molar-refractivity contribution in [3.63, 3.8) is 0 Å². The van der Waals surface area contributed by atoms with E-state index in [0.717, 1.165) is 11.3 Å². The maximum atomic E-state index is 6.11. The molecule has 0 amide bonds. The molecule has 1 aromatic heterocycles. The van der Waals surface area contributed by atoms with Gasteiger partial charge in [0.15, 0.2) is 5.82 Å². The molecule has 0 fully saturated rings. The topological polar surface area (TPSA) is 76.3 Å². The third-order valence-electron chi connectivity index (χ3n) is 2.77. The summed E-state index contributed by atoms with van der Waals surface area (Å²) in [5, 5.41) is 0.467. The number of halogens is 1. The van der Waals surface area contributed by atoms with Gasteiger partial charge in [-0.1, -0.05) is 23.7 Å². The van der Waals surface area contributed by atoms with Gasteiger partial charge in [0.05, 0.1) is 13.3 Å². The number of nitrogens with two attached hydrogens (primary N) is 1. The number of nitrogens with one attached hydrogen (secondary N) is 1. The van der Waals surface area contributed by atoms with Crippen molar-refractivity contribution in [2.24, 2.45) is 5.84 Å². The predicted molar refractivity (Wildman–Crippen MR) is 80.0 cm³/mol. The van der Waals surface area contributed by atoms with Gasteiger partial charge >= 0.3 is 0 Å². The Morgan fingerprint density at radius 2 is 2.25 bits per heavy atom. The smallest absolute Gasteiger partial charge is 0.239 e. The third-order valence-corrected chi connectivity index (χ3v) is 3.04. The van der Waals surface area contributed by atoms with Gasteiger partial charge in [-0.15, -0.1) is 0 Å². The minimum absolute atomic E-state index is 0.321. The number of ether oxygens (including phenoxy) is 1. The van der Waals surface area contributed by atoms with Crippen LogP contribution < -0.4 is 20.9 Å². The van der Waals surface area contributed by atoms with Crippen molar-refractivity contribution < 1.29 is 4.74 Å². The Kier molecular flexibility index (Phi) is 4.60. The van der Waals surface area contributed by atoms with E-state index in [-0.39, 0.29) is 0 Å². The molecule has 0 spiro atoms. The quantitative estimate of drug-likeness (QED) is 0.649. The highest BCUT2D eigenvalue weighted by Crippen LogP contribution is 2.24. The van der Waals surface area contributed by atoms with Gasteiger partial charge in [-0.2, -0.15) is 4.98 Å². The van der Waals surface area contributed by atoms with Gasteiger partial charge in [-0.25, -0.2) is 10.8 Å². The van der Waals surface area contributed by atoms with Crippen LogP contribution in [0.5, 0.6) is 5.75 Å². The summed E-state index contributed by atoms with van der Waals surface area (Å²) in [5.74, 6) is 7.05. The van der Waals surface area contributed by atoms with Gasteiger partial charge in [0.1, 0.15) is 10.8 Å². The molecular weight excluding hydrogens is 278 g/mol. The highest BCUT2D eigenvalue weighted by molar-refractivity contribution is 6.32. The minimum Gasteiger partial charge on any atom is -0.497 e. The SMILES string of the molecule is COc1cccc(CN(C)c2nc(NN)ncc2Cl)c1. The molecule has 1 aromatic carbocycles. The molecule has 106 valence electrons. The normalized spacial score (nSPS) is 10.2. The Bertz CT molecular complexity index is 593. The summed E-state index contributed by atoms with van der Waals surface area (Å²) >= 11 is 6.11. The first-order chi connectivity index (χ1) is 9.63. The van der Waals surface area contributed by atoms with Crippen LogP contribution in [0.4, 0.5) is 11.8 Å². The summed E-state index contributed by atoms with van der Waals surface area (Å²) in [6.45, 7) is 0.637. The lowest BCUT2D eigenvalue weighted by atomic mass is 10.2. The van der Waals surface area contributed by atoms with E-state index in [1.165, 1.54) is 6.20 Å². The van der Waals surface area contributed by atoms with E-state index in [1.807, 2.05) is 36.2 Å². The molecule has 0 saturated carbocycles. The number of hydrogen-bond acceptors (Lipinski definition) is 6. The fourth-order valence-electron chi connectivity index (χ4n) is 1.81. The van der Waals surface area contributed by atoms with Crippen molar-refractivity contribution in [2.75, 3.05) is 24.5 Å². The first-order valence-corrected chi connectivity index (χ1v) is 6.35. The molecule has 0 unspecified atom stereocenters.